The van der Waals surface area contributed by atoms with Gasteiger partial charge >= 0.3 is 12.1 Å². The molecule has 1 aliphatic heterocycles. The molecule has 2 nitrogen and oxygen atoms in total. The first-order valence-electron chi connectivity index (χ1n) is 2.82. The summed E-state index contributed by atoms with van der Waals surface area (Å²) in [4.78, 5) is 9.88. The third-order valence-electron chi connectivity index (χ3n) is 1.53. The molecule has 0 radical (unpaired) electrons. The van der Waals surface area contributed by atoms with Gasteiger partial charge in [-0.05, 0) is 0 Å². The van der Waals surface area contributed by atoms with Crippen LogP contribution in [0.25, 0.3) is 0 Å². The van der Waals surface area contributed by atoms with Gasteiger partial charge in [0, 0.05) is 0 Å². The van der Waals surface area contributed by atoms with Crippen LogP contribution in [0.1, 0.15) is 0 Å². The molecule has 1 heterocycles. The zero-order valence-corrected chi connectivity index (χ0v) is 5.49. The maximum absolute atomic E-state index is 12.3. The molecule has 1 fully saturated rings. The van der Waals surface area contributed by atoms with E-state index < -0.39 is 30.6 Å². The minimum absolute atomic E-state index is 0.513. The molecule has 0 saturated carbocycles. The van der Waals surface area contributed by atoms with Crippen molar-refractivity contribution in [1.82, 2.24) is 0 Å². The second kappa shape index (κ2) is 2.15. The highest BCUT2D eigenvalue weighted by Crippen LogP contribution is 2.50. The van der Waals surface area contributed by atoms with Gasteiger partial charge in [-0.15, -0.1) is 0 Å². The molecular formula is C5H3F5O2. The van der Waals surface area contributed by atoms with Gasteiger partial charge in [-0.1, -0.05) is 0 Å². The summed E-state index contributed by atoms with van der Waals surface area (Å²) in [6.07, 6.45) is -6.26. The van der Waals surface area contributed by atoms with E-state index in [0.717, 1.165) is 0 Å². The van der Waals surface area contributed by atoms with Crippen LogP contribution >= 0.6 is 0 Å². The molecule has 12 heavy (non-hydrogen) atoms. The van der Waals surface area contributed by atoms with Crippen molar-refractivity contribution in [3.05, 3.63) is 0 Å². The Balaban J connectivity index is 2.92. The second-order valence-corrected chi connectivity index (χ2v) is 2.37. The van der Waals surface area contributed by atoms with Gasteiger partial charge in [0.15, 0.2) is 6.29 Å². The van der Waals surface area contributed by atoms with Crippen molar-refractivity contribution >= 4 is 6.29 Å². The Kier molecular flexibility index (Phi) is 1.68. The van der Waals surface area contributed by atoms with Crippen LogP contribution in [0.4, 0.5) is 22.0 Å². The molecule has 0 N–H and O–H groups in total. The van der Waals surface area contributed by atoms with Crippen molar-refractivity contribution in [3.8, 4) is 0 Å². The minimum Gasteiger partial charge on any atom is -0.355 e. The predicted molar refractivity (Wildman–Crippen MR) is 25.7 cm³/mol. The minimum atomic E-state index is -5.75. The highest BCUT2D eigenvalue weighted by molar-refractivity contribution is 5.68. The molecule has 0 unspecified atom stereocenters. The van der Waals surface area contributed by atoms with Crippen molar-refractivity contribution in [2.45, 2.75) is 17.7 Å². The van der Waals surface area contributed by atoms with Gasteiger partial charge < -0.3 is 4.74 Å². The Morgan fingerprint density at radius 1 is 1.25 bits per heavy atom. The van der Waals surface area contributed by atoms with Crippen LogP contribution in [-0.4, -0.2) is 30.6 Å². The Morgan fingerprint density at radius 2 is 1.67 bits per heavy atom. The monoisotopic (exact) mass is 190 g/mol. The highest BCUT2D eigenvalue weighted by atomic mass is 19.4. The predicted octanol–water partition coefficient (Wildman–Crippen LogP) is 1.15. The maximum atomic E-state index is 12.3. The third-order valence-corrected chi connectivity index (χ3v) is 1.53. The van der Waals surface area contributed by atoms with Gasteiger partial charge in [-0.3, -0.25) is 4.79 Å². The second-order valence-electron chi connectivity index (χ2n) is 2.37. The summed E-state index contributed by atoms with van der Waals surface area (Å²) in [5.41, 5.74) is -2.97. The SMILES string of the molecule is O=C[C@@]1(C(F)(F)C(F)(F)F)CO1. The number of aldehydes is 1. The van der Waals surface area contributed by atoms with Crippen LogP contribution in [0.3, 0.4) is 0 Å². The van der Waals surface area contributed by atoms with Gasteiger partial charge in [-0.25, -0.2) is 0 Å². The van der Waals surface area contributed by atoms with Gasteiger partial charge in [-0.2, -0.15) is 22.0 Å². The summed E-state index contributed by atoms with van der Waals surface area (Å²) < 4.78 is 63.1. The number of halogens is 5. The number of hydrogen-bond acceptors (Lipinski definition) is 2. The number of epoxide rings is 1. The lowest BCUT2D eigenvalue weighted by Crippen LogP contribution is -2.50. The molecular weight excluding hydrogens is 187 g/mol. The molecule has 1 atom stereocenters. The number of rotatable bonds is 2. The number of alkyl halides is 5. The summed E-state index contributed by atoms with van der Waals surface area (Å²) in [7, 11) is 0. The van der Waals surface area contributed by atoms with E-state index in [1.165, 1.54) is 0 Å². The summed E-state index contributed by atoms with van der Waals surface area (Å²) in [6.45, 7) is -0.886. The molecule has 0 aliphatic carbocycles. The van der Waals surface area contributed by atoms with Gasteiger partial charge in [0.2, 0.25) is 5.60 Å². The lowest BCUT2D eigenvalue weighted by Gasteiger charge is -2.21. The van der Waals surface area contributed by atoms with E-state index in [1.54, 1.807) is 0 Å². The summed E-state index contributed by atoms with van der Waals surface area (Å²) >= 11 is 0. The van der Waals surface area contributed by atoms with Gasteiger partial charge in [0.05, 0.1) is 6.61 Å². The van der Waals surface area contributed by atoms with Crippen LogP contribution in [0.5, 0.6) is 0 Å². The van der Waals surface area contributed by atoms with Crippen LogP contribution in [0.2, 0.25) is 0 Å². The Labute approximate surface area is 63.3 Å². The summed E-state index contributed by atoms with van der Waals surface area (Å²) in [5.74, 6) is -5.10. The van der Waals surface area contributed by atoms with Crippen LogP contribution < -0.4 is 0 Å². The van der Waals surface area contributed by atoms with Crippen LogP contribution in [0, 0.1) is 0 Å². The molecule has 0 aromatic carbocycles. The maximum Gasteiger partial charge on any atom is 0.457 e. The van der Waals surface area contributed by atoms with Gasteiger partial charge in [0.25, 0.3) is 0 Å². The third kappa shape index (κ3) is 0.996. The van der Waals surface area contributed by atoms with Crippen LogP contribution in [-0.2, 0) is 9.53 Å². The molecule has 70 valence electrons. The topological polar surface area (TPSA) is 29.6 Å². The first-order valence-corrected chi connectivity index (χ1v) is 2.82. The van der Waals surface area contributed by atoms with E-state index in [0.29, 0.717) is 0 Å². The smallest absolute Gasteiger partial charge is 0.355 e. The fourth-order valence-electron chi connectivity index (χ4n) is 0.641. The van der Waals surface area contributed by atoms with E-state index in [-0.39, 0.29) is 0 Å². The van der Waals surface area contributed by atoms with Gasteiger partial charge in [0.1, 0.15) is 0 Å². The summed E-state index contributed by atoms with van der Waals surface area (Å²) in [6, 6.07) is 0. The molecule has 0 spiro atoms. The molecule has 0 bridgehead atoms. The number of ether oxygens (including phenoxy) is 1. The van der Waals surface area contributed by atoms with Crippen molar-refractivity contribution < 1.29 is 31.5 Å². The Morgan fingerprint density at radius 3 is 1.75 bits per heavy atom. The van der Waals surface area contributed by atoms with Crippen molar-refractivity contribution in [2.75, 3.05) is 6.61 Å². The molecule has 0 aromatic rings. The highest BCUT2D eigenvalue weighted by Gasteiger charge is 2.77. The first-order chi connectivity index (χ1) is 5.27. The van der Waals surface area contributed by atoms with Crippen molar-refractivity contribution in [1.29, 1.82) is 0 Å². The standard InChI is InChI=1S/C5H3F5O2/c6-4(7,5(8,9)10)3(1-11)2-12-3/h1H,2H2/t3-/m0/s1. The number of hydrogen-bond donors (Lipinski definition) is 0. The quantitative estimate of drug-likeness (QED) is 0.371. The molecule has 0 aromatic heterocycles. The Bertz CT molecular complexity index is 204. The molecule has 1 saturated heterocycles. The van der Waals surface area contributed by atoms with Crippen LogP contribution in [0.15, 0.2) is 0 Å². The first kappa shape index (κ1) is 9.37. The Hall–Kier alpha value is -0.720. The normalized spacial score (nSPS) is 30.1. The fourth-order valence-corrected chi connectivity index (χ4v) is 0.641. The van der Waals surface area contributed by atoms with Crippen molar-refractivity contribution in [2.24, 2.45) is 0 Å². The van der Waals surface area contributed by atoms with E-state index in [4.69, 9.17) is 0 Å². The molecule has 0 amide bonds. The lowest BCUT2D eigenvalue weighted by molar-refractivity contribution is -0.299. The average molecular weight is 190 g/mol. The zero-order chi connectivity index (χ0) is 9.62. The average Bonchev–Trinajstić information content (AvgIpc) is 2.64. The largest absolute Gasteiger partial charge is 0.457 e. The lowest BCUT2D eigenvalue weighted by atomic mass is 10.0. The molecule has 1 aliphatic rings. The zero-order valence-electron chi connectivity index (χ0n) is 5.49. The van der Waals surface area contributed by atoms with Crippen molar-refractivity contribution in [3.63, 3.8) is 0 Å². The fraction of sp³-hybridized carbons (Fsp3) is 0.800. The number of carbonyl (C=O) groups excluding carboxylic acids is 1. The van der Waals surface area contributed by atoms with E-state index in [1.807, 2.05) is 0 Å². The van der Waals surface area contributed by atoms with E-state index in [2.05, 4.69) is 4.74 Å². The van der Waals surface area contributed by atoms with E-state index in [9.17, 15) is 26.7 Å². The molecule has 7 heteroatoms. The molecule has 1 rings (SSSR count). The summed E-state index contributed by atoms with van der Waals surface area (Å²) in [5, 5.41) is 0. The van der Waals surface area contributed by atoms with E-state index >= 15 is 0 Å². The number of carbonyl (C=O) groups is 1.